The Morgan fingerprint density at radius 3 is 2.29 bits per heavy atom. The summed E-state index contributed by atoms with van der Waals surface area (Å²) in [4.78, 5) is 5.41. The predicted octanol–water partition coefficient (Wildman–Crippen LogP) is 4.17. The van der Waals surface area contributed by atoms with Crippen molar-refractivity contribution >= 4 is 0 Å². The number of nitrogens with zero attached hydrogens (tertiary/aromatic N) is 2. The lowest BCUT2D eigenvalue weighted by molar-refractivity contribution is -0.130. The second kappa shape index (κ2) is 7.96. The van der Waals surface area contributed by atoms with Gasteiger partial charge in [0.25, 0.3) is 0 Å². The number of hydrogen-bond acceptors (Lipinski definition) is 4. The normalized spacial score (nSPS) is 53.7. The number of rotatable bonds is 2. The lowest BCUT2D eigenvalue weighted by Gasteiger charge is -2.61. The van der Waals surface area contributed by atoms with E-state index in [0.717, 1.165) is 56.0 Å². The molecule has 0 aromatic heterocycles. The fourth-order valence-corrected chi connectivity index (χ4v) is 9.92. The molecule has 9 atom stereocenters. The molecule has 31 heavy (non-hydrogen) atoms. The molecule has 6 fully saturated rings. The van der Waals surface area contributed by atoms with Crippen molar-refractivity contribution in [3.05, 3.63) is 0 Å². The Bertz CT molecular complexity index is 660. The maximum Gasteiger partial charge on any atom is 0.0751 e. The Kier molecular flexibility index (Phi) is 5.49. The van der Waals surface area contributed by atoms with Gasteiger partial charge in [-0.15, -0.1) is 0 Å². The highest BCUT2D eigenvalue weighted by Crippen LogP contribution is 2.66. The van der Waals surface area contributed by atoms with E-state index in [4.69, 9.17) is 4.74 Å². The highest BCUT2D eigenvalue weighted by molar-refractivity contribution is 5.13. The Labute approximate surface area is 190 Å². The molecule has 4 nitrogen and oxygen atoms in total. The zero-order chi connectivity index (χ0) is 21.2. The molecule has 0 radical (unpaired) electrons. The number of ether oxygens (including phenoxy) is 1. The number of fused-ring (bicyclic) bond motifs is 5. The Hall–Kier alpha value is -0.160. The summed E-state index contributed by atoms with van der Waals surface area (Å²) >= 11 is 0. The van der Waals surface area contributed by atoms with Crippen LogP contribution in [0.2, 0.25) is 0 Å². The highest BCUT2D eigenvalue weighted by atomic mass is 16.5. The second-order valence-corrected chi connectivity index (χ2v) is 12.8. The fourth-order valence-electron chi connectivity index (χ4n) is 9.92. The molecule has 0 amide bonds. The Balaban J connectivity index is 1.20. The van der Waals surface area contributed by atoms with Crippen LogP contribution < -0.4 is 0 Å². The van der Waals surface area contributed by atoms with E-state index in [2.05, 4.69) is 23.6 Å². The van der Waals surface area contributed by atoms with Crippen molar-refractivity contribution in [2.45, 2.75) is 96.2 Å². The molecule has 6 rings (SSSR count). The van der Waals surface area contributed by atoms with Crippen molar-refractivity contribution in [1.82, 2.24) is 9.80 Å². The van der Waals surface area contributed by atoms with Crippen molar-refractivity contribution in [1.29, 1.82) is 0 Å². The van der Waals surface area contributed by atoms with E-state index < -0.39 is 0 Å². The summed E-state index contributed by atoms with van der Waals surface area (Å²) in [6.45, 7) is 11.6. The zero-order valence-electron chi connectivity index (χ0n) is 20.1. The largest absolute Gasteiger partial charge is 0.391 e. The topological polar surface area (TPSA) is 35.9 Å². The molecule has 0 aromatic carbocycles. The summed E-state index contributed by atoms with van der Waals surface area (Å²) in [7, 11) is 0. The minimum absolute atomic E-state index is 0.139. The lowest BCUT2D eigenvalue weighted by atomic mass is 9.45. The molecule has 1 N–H and O–H groups in total. The molecule has 0 spiro atoms. The number of likely N-dealkylation sites (tertiary alicyclic amines) is 1. The van der Waals surface area contributed by atoms with Crippen molar-refractivity contribution in [3.63, 3.8) is 0 Å². The van der Waals surface area contributed by atoms with E-state index in [9.17, 15) is 5.11 Å². The van der Waals surface area contributed by atoms with Crippen molar-refractivity contribution in [2.75, 3.05) is 39.4 Å². The van der Waals surface area contributed by atoms with Gasteiger partial charge < -0.3 is 14.7 Å². The van der Waals surface area contributed by atoms with Crippen LogP contribution in [0.15, 0.2) is 0 Å². The van der Waals surface area contributed by atoms with Crippen LogP contribution in [-0.4, -0.2) is 72.5 Å². The van der Waals surface area contributed by atoms with Crippen molar-refractivity contribution in [3.8, 4) is 0 Å². The monoisotopic (exact) mass is 430 g/mol. The maximum atomic E-state index is 11.6. The van der Waals surface area contributed by atoms with Crippen LogP contribution in [0, 0.1) is 34.5 Å². The molecule has 0 unspecified atom stereocenters. The van der Waals surface area contributed by atoms with Gasteiger partial charge in [0.05, 0.1) is 19.3 Å². The van der Waals surface area contributed by atoms with Crippen LogP contribution in [0.5, 0.6) is 0 Å². The highest BCUT2D eigenvalue weighted by Gasteiger charge is 2.62. The molecule has 0 bridgehead atoms. The van der Waals surface area contributed by atoms with Crippen molar-refractivity contribution < 1.29 is 9.84 Å². The summed E-state index contributed by atoms with van der Waals surface area (Å²) < 4.78 is 5.62. The third kappa shape index (κ3) is 3.29. The minimum atomic E-state index is -0.145. The average Bonchev–Trinajstić information content (AvgIpc) is 3.41. The van der Waals surface area contributed by atoms with Gasteiger partial charge in [-0.1, -0.05) is 13.8 Å². The second-order valence-electron chi connectivity index (χ2n) is 12.8. The molecule has 2 saturated heterocycles. The van der Waals surface area contributed by atoms with Gasteiger partial charge in [-0.2, -0.15) is 0 Å². The van der Waals surface area contributed by atoms with Crippen LogP contribution in [0.1, 0.15) is 78.1 Å². The molecule has 176 valence electrons. The molecule has 6 aliphatic rings. The van der Waals surface area contributed by atoms with Crippen LogP contribution in [-0.2, 0) is 4.74 Å². The maximum absolute atomic E-state index is 11.6. The first-order valence-corrected chi connectivity index (χ1v) is 13.7. The van der Waals surface area contributed by atoms with Gasteiger partial charge in [0.2, 0.25) is 0 Å². The minimum Gasteiger partial charge on any atom is -0.391 e. The van der Waals surface area contributed by atoms with Gasteiger partial charge in [-0.3, -0.25) is 4.90 Å². The van der Waals surface area contributed by atoms with E-state index in [0.29, 0.717) is 11.5 Å². The van der Waals surface area contributed by atoms with Crippen LogP contribution in [0.4, 0.5) is 0 Å². The van der Waals surface area contributed by atoms with E-state index in [1.165, 1.54) is 77.3 Å². The predicted molar refractivity (Wildman–Crippen MR) is 124 cm³/mol. The summed E-state index contributed by atoms with van der Waals surface area (Å²) in [5.74, 6) is 3.42. The van der Waals surface area contributed by atoms with E-state index in [1.54, 1.807) is 0 Å². The van der Waals surface area contributed by atoms with Gasteiger partial charge >= 0.3 is 0 Å². The fraction of sp³-hybridized carbons (Fsp3) is 1.00. The van der Waals surface area contributed by atoms with E-state index in [1.807, 2.05) is 0 Å². The number of aliphatic hydroxyl groups is 1. The van der Waals surface area contributed by atoms with Gasteiger partial charge in [-0.25, -0.2) is 0 Å². The SMILES string of the molecule is C[C@]12CC[C@@H](N3CCCC3)C[C@@H]1CC[C@@H]1[C@@H]2CC[C@]2(C)[C@@H](O)[C@@H](N3CCOCC3)C[C@@H]12. The van der Waals surface area contributed by atoms with Gasteiger partial charge in [0.15, 0.2) is 0 Å². The molecule has 2 aliphatic heterocycles. The number of aliphatic hydroxyl groups excluding tert-OH is 1. The molecule has 2 heterocycles. The first-order chi connectivity index (χ1) is 15.0. The van der Waals surface area contributed by atoms with Gasteiger partial charge in [0.1, 0.15) is 0 Å². The van der Waals surface area contributed by atoms with Crippen LogP contribution in [0.3, 0.4) is 0 Å². The first kappa shape index (κ1) is 21.4. The lowest BCUT2D eigenvalue weighted by Crippen LogP contribution is -2.56. The Morgan fingerprint density at radius 2 is 1.52 bits per heavy atom. The van der Waals surface area contributed by atoms with Gasteiger partial charge in [-0.05, 0) is 112 Å². The standard InChI is InChI=1S/C27H46N2O2/c1-26-9-7-20(28-11-3-4-12-28)17-19(26)5-6-21-22(26)8-10-27(2)23(21)18-24(25(27)30)29-13-15-31-16-14-29/h19-25,30H,3-18H2,1-2H3/t19-,20+,21+,22-,23-,24-,25-,26-,27-/m0/s1. The van der Waals surface area contributed by atoms with Gasteiger partial charge in [0, 0.05) is 25.2 Å². The molecule has 4 saturated carbocycles. The molecule has 4 heteroatoms. The molecular weight excluding hydrogens is 384 g/mol. The Morgan fingerprint density at radius 1 is 0.774 bits per heavy atom. The number of morpholine rings is 1. The van der Waals surface area contributed by atoms with E-state index >= 15 is 0 Å². The summed E-state index contributed by atoms with van der Waals surface area (Å²) in [5.41, 5.74) is 0.697. The smallest absolute Gasteiger partial charge is 0.0751 e. The third-order valence-corrected chi connectivity index (χ3v) is 11.8. The number of hydrogen-bond donors (Lipinski definition) is 1. The zero-order valence-corrected chi connectivity index (χ0v) is 20.1. The summed E-state index contributed by atoms with van der Waals surface area (Å²) in [6.07, 6.45) is 13.8. The molecule has 0 aromatic rings. The summed E-state index contributed by atoms with van der Waals surface area (Å²) in [6, 6.07) is 1.25. The first-order valence-electron chi connectivity index (χ1n) is 13.7. The average molecular weight is 431 g/mol. The van der Waals surface area contributed by atoms with Crippen molar-refractivity contribution in [2.24, 2.45) is 34.5 Å². The summed E-state index contributed by atoms with van der Waals surface area (Å²) in [5, 5.41) is 11.6. The van der Waals surface area contributed by atoms with Crippen LogP contribution in [0.25, 0.3) is 0 Å². The quantitative estimate of drug-likeness (QED) is 0.713. The molecule has 4 aliphatic carbocycles. The third-order valence-electron chi connectivity index (χ3n) is 11.8. The van der Waals surface area contributed by atoms with Crippen LogP contribution >= 0.6 is 0 Å². The van der Waals surface area contributed by atoms with E-state index in [-0.39, 0.29) is 11.5 Å². The molecular formula is C27H46N2O2.